The molecular formula is C21H17ClN2O3. The lowest BCUT2D eigenvalue weighted by Gasteiger charge is -2.32. The number of carbonyl (C=O) groups excluding carboxylic acids is 1. The standard InChI is InChI=1S/C21H17ClN2O3/c22-15-6-8-16(9-7-15)23-21(25)24-20-14(12-27-24)11-26-18-10-5-13-3-1-2-4-17(13)19(18)20/h1-10,14,20H,11-12H2,(H,23,25)/t14-,20+/m1/s1. The lowest BCUT2D eigenvalue weighted by atomic mass is 9.88. The van der Waals surface area contributed by atoms with Crippen LogP contribution in [0.5, 0.6) is 5.75 Å². The predicted octanol–water partition coefficient (Wildman–Crippen LogP) is 5.02. The monoisotopic (exact) mass is 380 g/mol. The molecule has 5 nitrogen and oxygen atoms in total. The fraction of sp³-hybridized carbons (Fsp3) is 0.190. The van der Waals surface area contributed by atoms with Gasteiger partial charge in [-0.2, -0.15) is 5.06 Å². The van der Waals surface area contributed by atoms with E-state index in [-0.39, 0.29) is 18.0 Å². The molecule has 0 bridgehead atoms. The first-order valence-electron chi connectivity index (χ1n) is 8.84. The summed E-state index contributed by atoms with van der Waals surface area (Å²) in [6.45, 7) is 0.974. The Morgan fingerprint density at radius 3 is 2.70 bits per heavy atom. The Morgan fingerprint density at radius 2 is 1.85 bits per heavy atom. The fourth-order valence-electron chi connectivity index (χ4n) is 3.83. The van der Waals surface area contributed by atoms with Crippen molar-refractivity contribution in [2.24, 2.45) is 5.92 Å². The third-order valence-electron chi connectivity index (χ3n) is 5.10. The number of fused-ring (bicyclic) bond motifs is 5. The molecule has 1 N–H and O–H groups in total. The summed E-state index contributed by atoms with van der Waals surface area (Å²) in [6, 6.07) is 18.7. The lowest BCUT2D eigenvalue weighted by molar-refractivity contribution is -0.0830. The second kappa shape index (κ2) is 6.44. The molecule has 6 heteroatoms. The molecule has 3 aromatic carbocycles. The molecule has 3 aromatic rings. The minimum Gasteiger partial charge on any atom is -0.493 e. The van der Waals surface area contributed by atoms with Crippen LogP contribution in [0.1, 0.15) is 11.6 Å². The van der Waals surface area contributed by atoms with Crippen molar-refractivity contribution in [3.8, 4) is 5.75 Å². The number of benzene rings is 3. The molecule has 1 fully saturated rings. The van der Waals surface area contributed by atoms with E-state index < -0.39 is 0 Å². The van der Waals surface area contributed by atoms with Crippen molar-refractivity contribution in [3.63, 3.8) is 0 Å². The number of anilines is 1. The Labute approximate surface area is 161 Å². The van der Waals surface area contributed by atoms with Gasteiger partial charge in [-0.3, -0.25) is 4.84 Å². The van der Waals surface area contributed by atoms with Gasteiger partial charge in [0.1, 0.15) is 5.75 Å². The van der Waals surface area contributed by atoms with Crippen molar-refractivity contribution in [1.82, 2.24) is 5.06 Å². The largest absolute Gasteiger partial charge is 0.493 e. The molecule has 27 heavy (non-hydrogen) atoms. The predicted molar refractivity (Wildman–Crippen MR) is 104 cm³/mol. The summed E-state index contributed by atoms with van der Waals surface area (Å²) in [7, 11) is 0. The molecule has 0 aliphatic carbocycles. The minimum absolute atomic E-state index is 0.0965. The SMILES string of the molecule is O=C(Nc1ccc(Cl)cc1)N1OC[C@H]2COc3ccc4ccccc4c3[C@H]21. The molecule has 2 amide bonds. The highest BCUT2D eigenvalue weighted by atomic mass is 35.5. The van der Waals surface area contributed by atoms with Gasteiger partial charge in [-0.05, 0) is 41.1 Å². The van der Waals surface area contributed by atoms with Crippen molar-refractivity contribution in [2.75, 3.05) is 18.5 Å². The Bertz CT molecular complexity index is 1020. The van der Waals surface area contributed by atoms with Gasteiger partial charge in [0, 0.05) is 22.2 Å². The quantitative estimate of drug-likeness (QED) is 0.644. The number of carbonyl (C=O) groups is 1. The van der Waals surface area contributed by atoms with E-state index in [1.807, 2.05) is 24.3 Å². The number of nitrogens with zero attached hydrogens (tertiary/aromatic N) is 1. The summed E-state index contributed by atoms with van der Waals surface area (Å²) < 4.78 is 5.95. The van der Waals surface area contributed by atoms with Crippen molar-refractivity contribution < 1.29 is 14.4 Å². The van der Waals surface area contributed by atoms with Gasteiger partial charge in [-0.25, -0.2) is 4.79 Å². The molecule has 2 heterocycles. The number of hydrogen-bond donors (Lipinski definition) is 1. The summed E-state index contributed by atoms with van der Waals surface area (Å²) in [5.41, 5.74) is 1.68. The van der Waals surface area contributed by atoms with E-state index in [0.29, 0.717) is 23.9 Å². The maximum absolute atomic E-state index is 12.9. The maximum Gasteiger partial charge on any atom is 0.346 e. The zero-order valence-corrected chi connectivity index (χ0v) is 15.1. The van der Waals surface area contributed by atoms with Gasteiger partial charge in [0.25, 0.3) is 0 Å². The van der Waals surface area contributed by atoms with Gasteiger partial charge in [-0.15, -0.1) is 0 Å². The van der Waals surface area contributed by atoms with Crippen LogP contribution in [0.25, 0.3) is 10.8 Å². The van der Waals surface area contributed by atoms with E-state index in [1.165, 1.54) is 5.06 Å². The number of ether oxygens (including phenoxy) is 1. The van der Waals surface area contributed by atoms with Gasteiger partial charge < -0.3 is 10.1 Å². The Hall–Kier alpha value is -2.76. The Kier molecular flexibility index (Phi) is 3.92. The van der Waals surface area contributed by atoms with E-state index in [4.69, 9.17) is 21.2 Å². The molecule has 0 spiro atoms. The van der Waals surface area contributed by atoms with Gasteiger partial charge in [-0.1, -0.05) is 41.9 Å². The minimum atomic E-state index is -0.300. The van der Waals surface area contributed by atoms with E-state index >= 15 is 0 Å². The number of halogens is 1. The maximum atomic E-state index is 12.9. The van der Waals surface area contributed by atoms with Crippen LogP contribution in [0.3, 0.4) is 0 Å². The molecule has 1 saturated heterocycles. The number of urea groups is 1. The summed E-state index contributed by atoms with van der Waals surface area (Å²) >= 11 is 5.92. The van der Waals surface area contributed by atoms with E-state index in [2.05, 4.69) is 17.4 Å². The molecule has 0 aromatic heterocycles. The van der Waals surface area contributed by atoms with Gasteiger partial charge in [0.2, 0.25) is 0 Å². The van der Waals surface area contributed by atoms with Crippen LogP contribution in [0.2, 0.25) is 5.02 Å². The molecule has 2 aliphatic rings. The van der Waals surface area contributed by atoms with Crippen LogP contribution in [0, 0.1) is 5.92 Å². The van der Waals surface area contributed by atoms with Crippen LogP contribution < -0.4 is 10.1 Å². The zero-order chi connectivity index (χ0) is 18.4. The highest BCUT2D eigenvalue weighted by molar-refractivity contribution is 6.30. The smallest absolute Gasteiger partial charge is 0.346 e. The Morgan fingerprint density at radius 1 is 1.04 bits per heavy atom. The average Bonchev–Trinajstić information content (AvgIpc) is 3.14. The van der Waals surface area contributed by atoms with E-state index in [9.17, 15) is 4.79 Å². The number of amides is 2. The normalized spacial score (nSPS) is 20.7. The highest BCUT2D eigenvalue weighted by Gasteiger charge is 2.45. The summed E-state index contributed by atoms with van der Waals surface area (Å²) in [6.07, 6.45) is 0. The number of hydroxylamine groups is 2. The molecule has 136 valence electrons. The van der Waals surface area contributed by atoms with E-state index in [1.54, 1.807) is 24.3 Å². The highest BCUT2D eigenvalue weighted by Crippen LogP contribution is 2.46. The van der Waals surface area contributed by atoms with Crippen LogP contribution in [0.4, 0.5) is 10.5 Å². The van der Waals surface area contributed by atoms with Crippen LogP contribution >= 0.6 is 11.6 Å². The van der Waals surface area contributed by atoms with Crippen molar-refractivity contribution >= 4 is 34.1 Å². The molecule has 2 aliphatic heterocycles. The van der Waals surface area contributed by atoms with Crippen LogP contribution in [-0.2, 0) is 4.84 Å². The third kappa shape index (κ3) is 2.80. The van der Waals surface area contributed by atoms with Gasteiger partial charge >= 0.3 is 6.03 Å². The average molecular weight is 381 g/mol. The molecule has 0 unspecified atom stereocenters. The second-order valence-electron chi connectivity index (χ2n) is 6.77. The third-order valence-corrected chi connectivity index (χ3v) is 5.35. The number of nitrogens with one attached hydrogen (secondary N) is 1. The first kappa shape index (κ1) is 16.4. The van der Waals surface area contributed by atoms with E-state index in [0.717, 1.165) is 22.1 Å². The number of hydrogen-bond acceptors (Lipinski definition) is 3. The van der Waals surface area contributed by atoms with Crippen molar-refractivity contribution in [2.45, 2.75) is 6.04 Å². The lowest BCUT2D eigenvalue weighted by Crippen LogP contribution is -2.37. The summed E-state index contributed by atoms with van der Waals surface area (Å²) in [5.74, 6) is 0.906. The molecule has 2 atom stereocenters. The van der Waals surface area contributed by atoms with Crippen molar-refractivity contribution in [3.05, 3.63) is 71.2 Å². The second-order valence-corrected chi connectivity index (χ2v) is 7.21. The molecule has 0 saturated carbocycles. The van der Waals surface area contributed by atoms with Gasteiger partial charge in [0.05, 0.1) is 19.3 Å². The summed E-state index contributed by atoms with van der Waals surface area (Å²) in [4.78, 5) is 18.7. The fourth-order valence-corrected chi connectivity index (χ4v) is 3.96. The van der Waals surface area contributed by atoms with Crippen LogP contribution in [-0.4, -0.2) is 24.3 Å². The zero-order valence-electron chi connectivity index (χ0n) is 14.4. The van der Waals surface area contributed by atoms with Crippen molar-refractivity contribution in [1.29, 1.82) is 0 Å². The molecule has 5 rings (SSSR count). The van der Waals surface area contributed by atoms with Gasteiger partial charge in [0.15, 0.2) is 0 Å². The first-order valence-corrected chi connectivity index (χ1v) is 9.21. The molecular weight excluding hydrogens is 364 g/mol. The summed E-state index contributed by atoms with van der Waals surface area (Å²) in [5, 5.41) is 7.16. The Balaban J connectivity index is 1.52. The van der Waals surface area contributed by atoms with Crippen LogP contribution in [0.15, 0.2) is 60.7 Å². The topological polar surface area (TPSA) is 50.8 Å². The number of rotatable bonds is 1. The first-order chi connectivity index (χ1) is 13.2. The molecule has 0 radical (unpaired) electrons.